The predicted octanol–water partition coefficient (Wildman–Crippen LogP) is 1.70. The van der Waals surface area contributed by atoms with Crippen molar-refractivity contribution in [3.63, 3.8) is 0 Å². The Kier molecular flexibility index (Phi) is 4.85. The summed E-state index contributed by atoms with van der Waals surface area (Å²) >= 11 is 0. The number of rotatable bonds is 5. The molecule has 0 saturated heterocycles. The average Bonchev–Trinajstić information content (AvgIpc) is 2.27. The first kappa shape index (κ1) is 12.0. The van der Waals surface area contributed by atoms with E-state index in [1.54, 1.807) is 7.11 Å². The van der Waals surface area contributed by atoms with Crippen LogP contribution in [0.3, 0.4) is 0 Å². The van der Waals surface area contributed by atoms with Crippen molar-refractivity contribution in [3.8, 4) is 0 Å². The van der Waals surface area contributed by atoms with E-state index in [-0.39, 0.29) is 11.7 Å². The van der Waals surface area contributed by atoms with Gasteiger partial charge in [0.05, 0.1) is 18.3 Å². The molecule has 14 heavy (non-hydrogen) atoms. The molecule has 0 aromatic rings. The van der Waals surface area contributed by atoms with Gasteiger partial charge in [0.1, 0.15) is 0 Å². The first-order valence-electron chi connectivity index (χ1n) is 5.59. The van der Waals surface area contributed by atoms with Crippen LogP contribution in [0.25, 0.3) is 0 Å². The number of hydrogen-bond donors (Lipinski definition) is 1. The average molecular weight is 201 g/mol. The SMILES string of the molecule is COC(C)COC1(CN)CCCCC1. The second-order valence-corrected chi connectivity index (χ2v) is 4.31. The number of hydrogen-bond acceptors (Lipinski definition) is 3. The monoisotopic (exact) mass is 201 g/mol. The van der Waals surface area contributed by atoms with Gasteiger partial charge >= 0.3 is 0 Å². The minimum atomic E-state index is -0.0506. The smallest absolute Gasteiger partial charge is 0.0805 e. The lowest BCUT2D eigenvalue weighted by molar-refractivity contribution is -0.0962. The van der Waals surface area contributed by atoms with Gasteiger partial charge in [-0.2, -0.15) is 0 Å². The lowest BCUT2D eigenvalue weighted by atomic mass is 9.84. The molecule has 1 saturated carbocycles. The molecule has 3 nitrogen and oxygen atoms in total. The molecule has 0 aromatic heterocycles. The molecule has 1 aliphatic rings. The molecule has 1 unspecified atom stereocenters. The van der Waals surface area contributed by atoms with Gasteiger partial charge in [0.15, 0.2) is 0 Å². The van der Waals surface area contributed by atoms with E-state index in [9.17, 15) is 0 Å². The topological polar surface area (TPSA) is 44.5 Å². The molecule has 84 valence electrons. The molecule has 0 aliphatic heterocycles. The van der Waals surface area contributed by atoms with E-state index in [1.807, 2.05) is 6.92 Å². The van der Waals surface area contributed by atoms with E-state index in [0.29, 0.717) is 13.2 Å². The van der Waals surface area contributed by atoms with Crippen molar-refractivity contribution in [2.45, 2.75) is 50.7 Å². The van der Waals surface area contributed by atoms with Crippen LogP contribution in [0.15, 0.2) is 0 Å². The number of methoxy groups -OCH3 is 1. The lowest BCUT2D eigenvalue weighted by Gasteiger charge is -2.36. The molecule has 3 heteroatoms. The van der Waals surface area contributed by atoms with Gasteiger partial charge in [-0.3, -0.25) is 0 Å². The van der Waals surface area contributed by atoms with Gasteiger partial charge in [-0.25, -0.2) is 0 Å². The fraction of sp³-hybridized carbons (Fsp3) is 1.00. The van der Waals surface area contributed by atoms with Gasteiger partial charge in [0.2, 0.25) is 0 Å². The molecule has 0 heterocycles. The Balaban J connectivity index is 2.36. The molecule has 0 bridgehead atoms. The normalized spacial score (nSPS) is 23.4. The van der Waals surface area contributed by atoms with Crippen LogP contribution in [-0.2, 0) is 9.47 Å². The summed E-state index contributed by atoms with van der Waals surface area (Å²) in [6.45, 7) is 3.32. The van der Waals surface area contributed by atoms with Crippen molar-refractivity contribution in [2.24, 2.45) is 5.73 Å². The van der Waals surface area contributed by atoms with E-state index in [1.165, 1.54) is 19.3 Å². The largest absolute Gasteiger partial charge is 0.379 e. The summed E-state index contributed by atoms with van der Waals surface area (Å²) in [4.78, 5) is 0. The molecule has 2 N–H and O–H groups in total. The van der Waals surface area contributed by atoms with E-state index in [0.717, 1.165) is 12.8 Å². The molecule has 1 fully saturated rings. The summed E-state index contributed by atoms with van der Waals surface area (Å²) in [6.07, 6.45) is 6.21. The third kappa shape index (κ3) is 3.23. The van der Waals surface area contributed by atoms with Gasteiger partial charge < -0.3 is 15.2 Å². The maximum Gasteiger partial charge on any atom is 0.0805 e. The molecule has 1 rings (SSSR count). The molecule has 0 spiro atoms. The molecule has 1 aliphatic carbocycles. The highest BCUT2D eigenvalue weighted by Crippen LogP contribution is 2.30. The van der Waals surface area contributed by atoms with Gasteiger partial charge in [0.25, 0.3) is 0 Å². The maximum absolute atomic E-state index is 5.92. The van der Waals surface area contributed by atoms with Gasteiger partial charge in [-0.05, 0) is 19.8 Å². The summed E-state index contributed by atoms with van der Waals surface area (Å²) < 4.78 is 11.1. The van der Waals surface area contributed by atoms with Crippen molar-refractivity contribution in [1.82, 2.24) is 0 Å². The van der Waals surface area contributed by atoms with Crippen LogP contribution in [-0.4, -0.2) is 32.0 Å². The molecular formula is C11H23NO2. The molecule has 0 amide bonds. The summed E-state index contributed by atoms with van der Waals surface area (Å²) in [7, 11) is 1.71. The van der Waals surface area contributed by atoms with E-state index in [4.69, 9.17) is 15.2 Å². The fourth-order valence-corrected chi connectivity index (χ4v) is 1.97. The zero-order chi connectivity index (χ0) is 10.4. The van der Waals surface area contributed by atoms with E-state index < -0.39 is 0 Å². The Morgan fingerprint density at radius 3 is 2.43 bits per heavy atom. The maximum atomic E-state index is 5.92. The Labute approximate surface area is 86.9 Å². The van der Waals surface area contributed by atoms with Crippen LogP contribution >= 0.6 is 0 Å². The van der Waals surface area contributed by atoms with Crippen molar-refractivity contribution in [2.75, 3.05) is 20.3 Å². The van der Waals surface area contributed by atoms with Crippen LogP contribution in [0.1, 0.15) is 39.0 Å². The highest BCUT2D eigenvalue weighted by Gasteiger charge is 2.31. The van der Waals surface area contributed by atoms with Crippen LogP contribution in [0, 0.1) is 0 Å². The van der Waals surface area contributed by atoms with E-state index >= 15 is 0 Å². The number of ether oxygens (including phenoxy) is 2. The lowest BCUT2D eigenvalue weighted by Crippen LogP contribution is -2.44. The Hall–Kier alpha value is -0.120. The predicted molar refractivity (Wildman–Crippen MR) is 57.3 cm³/mol. The minimum Gasteiger partial charge on any atom is -0.379 e. The molecule has 1 atom stereocenters. The zero-order valence-corrected chi connectivity index (χ0v) is 9.42. The first-order valence-corrected chi connectivity index (χ1v) is 5.59. The summed E-state index contributed by atoms with van der Waals surface area (Å²) in [5.41, 5.74) is 5.75. The third-order valence-electron chi connectivity index (χ3n) is 3.16. The molecule has 0 aromatic carbocycles. The number of nitrogens with two attached hydrogens (primary N) is 1. The van der Waals surface area contributed by atoms with Gasteiger partial charge in [-0.1, -0.05) is 19.3 Å². The van der Waals surface area contributed by atoms with Crippen LogP contribution < -0.4 is 5.73 Å². The summed E-state index contributed by atoms with van der Waals surface area (Å²) in [6, 6.07) is 0. The second-order valence-electron chi connectivity index (χ2n) is 4.31. The van der Waals surface area contributed by atoms with Crippen molar-refractivity contribution < 1.29 is 9.47 Å². The first-order chi connectivity index (χ1) is 6.72. The van der Waals surface area contributed by atoms with Gasteiger partial charge in [0, 0.05) is 13.7 Å². The van der Waals surface area contributed by atoms with Crippen LogP contribution in [0.4, 0.5) is 0 Å². The fourth-order valence-electron chi connectivity index (χ4n) is 1.97. The van der Waals surface area contributed by atoms with Crippen molar-refractivity contribution in [3.05, 3.63) is 0 Å². The van der Waals surface area contributed by atoms with Crippen LogP contribution in [0.2, 0.25) is 0 Å². The standard InChI is InChI=1S/C11H23NO2/c1-10(13-2)8-14-11(9-12)6-4-3-5-7-11/h10H,3-9,12H2,1-2H3. The quantitative estimate of drug-likeness (QED) is 0.736. The Morgan fingerprint density at radius 1 is 1.29 bits per heavy atom. The van der Waals surface area contributed by atoms with Crippen molar-refractivity contribution >= 4 is 0 Å². The Morgan fingerprint density at radius 2 is 1.93 bits per heavy atom. The van der Waals surface area contributed by atoms with E-state index in [2.05, 4.69) is 0 Å². The van der Waals surface area contributed by atoms with Crippen molar-refractivity contribution in [1.29, 1.82) is 0 Å². The highest BCUT2D eigenvalue weighted by atomic mass is 16.5. The Bertz CT molecular complexity index is 155. The highest BCUT2D eigenvalue weighted by molar-refractivity contribution is 4.85. The molecule has 0 radical (unpaired) electrons. The van der Waals surface area contributed by atoms with Gasteiger partial charge in [-0.15, -0.1) is 0 Å². The third-order valence-corrected chi connectivity index (χ3v) is 3.16. The summed E-state index contributed by atoms with van der Waals surface area (Å²) in [5, 5.41) is 0. The summed E-state index contributed by atoms with van der Waals surface area (Å²) in [5.74, 6) is 0. The van der Waals surface area contributed by atoms with Crippen LogP contribution in [0.5, 0.6) is 0 Å². The second kappa shape index (κ2) is 5.69. The molecular weight excluding hydrogens is 178 g/mol. The minimum absolute atomic E-state index is 0.0506. The zero-order valence-electron chi connectivity index (χ0n) is 9.42.